The van der Waals surface area contributed by atoms with Gasteiger partial charge in [-0.15, -0.1) is 0 Å². The molecule has 5 nitrogen and oxygen atoms in total. The standard InChI is InChI=1S/C13H22N4O/c1-10(2)13-15-11(9-12(18)16-13)14-5-8-17-6-3-4-7-17/h9-10H,3-8H2,1-2H3,(H2,14,15,16,18). The third-order valence-corrected chi connectivity index (χ3v) is 3.24. The van der Waals surface area contributed by atoms with Crippen LogP contribution in [0, 0.1) is 0 Å². The Labute approximate surface area is 108 Å². The van der Waals surface area contributed by atoms with Crippen molar-refractivity contribution in [1.29, 1.82) is 0 Å². The molecule has 1 aliphatic heterocycles. The zero-order valence-corrected chi connectivity index (χ0v) is 11.2. The van der Waals surface area contributed by atoms with Crippen molar-refractivity contribution in [3.63, 3.8) is 0 Å². The van der Waals surface area contributed by atoms with Gasteiger partial charge in [-0.05, 0) is 25.9 Å². The molecular formula is C13H22N4O. The van der Waals surface area contributed by atoms with Gasteiger partial charge in [0, 0.05) is 25.1 Å². The van der Waals surface area contributed by atoms with Crippen LogP contribution in [0.1, 0.15) is 38.4 Å². The average Bonchev–Trinajstić information content (AvgIpc) is 2.81. The molecule has 0 radical (unpaired) electrons. The molecule has 2 rings (SSSR count). The van der Waals surface area contributed by atoms with E-state index in [4.69, 9.17) is 0 Å². The number of aromatic amines is 1. The van der Waals surface area contributed by atoms with Gasteiger partial charge in [-0.1, -0.05) is 13.8 Å². The summed E-state index contributed by atoms with van der Waals surface area (Å²) < 4.78 is 0. The molecule has 0 aliphatic carbocycles. The zero-order chi connectivity index (χ0) is 13.0. The number of aromatic nitrogens is 2. The van der Waals surface area contributed by atoms with E-state index < -0.39 is 0 Å². The first kappa shape index (κ1) is 13.1. The third kappa shape index (κ3) is 3.57. The van der Waals surface area contributed by atoms with E-state index in [1.54, 1.807) is 0 Å². The first-order chi connectivity index (χ1) is 8.65. The maximum absolute atomic E-state index is 11.5. The lowest BCUT2D eigenvalue weighted by Crippen LogP contribution is -2.26. The van der Waals surface area contributed by atoms with Crippen LogP contribution >= 0.6 is 0 Å². The van der Waals surface area contributed by atoms with Crippen molar-refractivity contribution in [2.75, 3.05) is 31.5 Å². The first-order valence-electron chi connectivity index (χ1n) is 6.72. The smallest absolute Gasteiger partial charge is 0.252 e. The molecule has 2 heterocycles. The Balaban J connectivity index is 1.90. The number of hydrogen-bond donors (Lipinski definition) is 2. The highest BCUT2D eigenvalue weighted by Gasteiger charge is 2.10. The lowest BCUT2D eigenvalue weighted by Gasteiger charge is -2.15. The normalized spacial score (nSPS) is 16.4. The van der Waals surface area contributed by atoms with Gasteiger partial charge < -0.3 is 15.2 Å². The highest BCUT2D eigenvalue weighted by Crippen LogP contribution is 2.09. The molecule has 0 spiro atoms. The van der Waals surface area contributed by atoms with Gasteiger partial charge in [0.15, 0.2) is 0 Å². The maximum Gasteiger partial charge on any atom is 0.252 e. The SMILES string of the molecule is CC(C)c1nc(NCCN2CCCC2)cc(=O)[nH]1. The van der Waals surface area contributed by atoms with Gasteiger partial charge in [-0.3, -0.25) is 4.79 Å². The van der Waals surface area contributed by atoms with Crippen LogP contribution in [-0.2, 0) is 0 Å². The Morgan fingerprint density at radius 3 is 2.83 bits per heavy atom. The average molecular weight is 250 g/mol. The van der Waals surface area contributed by atoms with Crippen molar-refractivity contribution in [2.24, 2.45) is 0 Å². The minimum Gasteiger partial charge on any atom is -0.369 e. The van der Waals surface area contributed by atoms with E-state index in [9.17, 15) is 4.79 Å². The zero-order valence-electron chi connectivity index (χ0n) is 11.2. The summed E-state index contributed by atoms with van der Waals surface area (Å²) in [6.07, 6.45) is 2.61. The van der Waals surface area contributed by atoms with Gasteiger partial charge >= 0.3 is 0 Å². The Kier molecular flexibility index (Phi) is 4.36. The molecule has 0 atom stereocenters. The fourth-order valence-electron chi connectivity index (χ4n) is 2.19. The Morgan fingerprint density at radius 2 is 2.17 bits per heavy atom. The number of hydrogen-bond acceptors (Lipinski definition) is 4. The minimum absolute atomic E-state index is 0.0858. The van der Waals surface area contributed by atoms with E-state index in [0.29, 0.717) is 5.82 Å². The molecule has 1 aromatic rings. The number of nitrogens with one attached hydrogen (secondary N) is 2. The molecule has 1 fully saturated rings. The van der Waals surface area contributed by atoms with Gasteiger partial charge in [-0.2, -0.15) is 0 Å². The molecule has 18 heavy (non-hydrogen) atoms. The highest BCUT2D eigenvalue weighted by molar-refractivity contribution is 5.33. The molecule has 0 aromatic carbocycles. The fraction of sp³-hybridized carbons (Fsp3) is 0.692. The molecule has 0 unspecified atom stereocenters. The van der Waals surface area contributed by atoms with Gasteiger partial charge in [0.1, 0.15) is 11.6 Å². The van der Waals surface area contributed by atoms with Crippen molar-refractivity contribution < 1.29 is 0 Å². The summed E-state index contributed by atoms with van der Waals surface area (Å²) in [4.78, 5) is 21.1. The summed E-state index contributed by atoms with van der Waals surface area (Å²) in [7, 11) is 0. The van der Waals surface area contributed by atoms with E-state index >= 15 is 0 Å². The maximum atomic E-state index is 11.5. The summed E-state index contributed by atoms with van der Waals surface area (Å²) in [6.45, 7) is 8.29. The minimum atomic E-state index is -0.0858. The number of rotatable bonds is 5. The fourth-order valence-corrected chi connectivity index (χ4v) is 2.19. The summed E-state index contributed by atoms with van der Waals surface area (Å²) in [5.74, 6) is 1.66. The number of nitrogens with zero attached hydrogens (tertiary/aromatic N) is 2. The Bertz CT molecular complexity index is 435. The van der Waals surface area contributed by atoms with Crippen LogP contribution in [0.5, 0.6) is 0 Å². The third-order valence-electron chi connectivity index (χ3n) is 3.24. The first-order valence-corrected chi connectivity index (χ1v) is 6.72. The molecule has 1 aromatic heterocycles. The van der Waals surface area contributed by atoms with Crippen molar-refractivity contribution >= 4 is 5.82 Å². The second-order valence-corrected chi connectivity index (χ2v) is 5.15. The van der Waals surface area contributed by atoms with Crippen molar-refractivity contribution in [2.45, 2.75) is 32.6 Å². The van der Waals surface area contributed by atoms with Gasteiger partial charge in [0.2, 0.25) is 0 Å². The van der Waals surface area contributed by atoms with Crippen LogP contribution in [0.15, 0.2) is 10.9 Å². The topological polar surface area (TPSA) is 61.0 Å². The van der Waals surface area contributed by atoms with E-state index in [-0.39, 0.29) is 11.5 Å². The molecule has 5 heteroatoms. The molecular weight excluding hydrogens is 228 g/mol. The molecule has 1 saturated heterocycles. The number of likely N-dealkylation sites (tertiary alicyclic amines) is 1. The monoisotopic (exact) mass is 250 g/mol. The second-order valence-electron chi connectivity index (χ2n) is 5.15. The van der Waals surface area contributed by atoms with Gasteiger partial charge in [-0.25, -0.2) is 4.98 Å². The lowest BCUT2D eigenvalue weighted by atomic mass is 10.2. The molecule has 0 saturated carbocycles. The highest BCUT2D eigenvalue weighted by atomic mass is 16.1. The van der Waals surface area contributed by atoms with Crippen LogP contribution in [0.25, 0.3) is 0 Å². The van der Waals surface area contributed by atoms with E-state index in [1.165, 1.54) is 32.0 Å². The van der Waals surface area contributed by atoms with Gasteiger partial charge in [0.05, 0.1) is 0 Å². The van der Waals surface area contributed by atoms with Crippen molar-refractivity contribution in [3.05, 3.63) is 22.2 Å². The van der Waals surface area contributed by atoms with E-state index in [1.807, 2.05) is 13.8 Å². The largest absolute Gasteiger partial charge is 0.369 e. The predicted molar refractivity (Wildman–Crippen MR) is 73.1 cm³/mol. The summed E-state index contributed by atoms with van der Waals surface area (Å²) >= 11 is 0. The molecule has 100 valence electrons. The van der Waals surface area contributed by atoms with Crippen LogP contribution in [-0.4, -0.2) is 41.0 Å². The summed E-state index contributed by atoms with van der Waals surface area (Å²) in [5, 5.41) is 3.23. The van der Waals surface area contributed by atoms with Gasteiger partial charge in [0.25, 0.3) is 5.56 Å². The molecule has 0 bridgehead atoms. The van der Waals surface area contributed by atoms with Crippen LogP contribution in [0.3, 0.4) is 0 Å². The number of anilines is 1. The summed E-state index contributed by atoms with van der Waals surface area (Å²) in [6, 6.07) is 1.52. The van der Waals surface area contributed by atoms with Crippen molar-refractivity contribution in [3.8, 4) is 0 Å². The van der Waals surface area contributed by atoms with E-state index in [0.717, 1.165) is 18.9 Å². The Hall–Kier alpha value is -1.36. The van der Waals surface area contributed by atoms with Crippen molar-refractivity contribution in [1.82, 2.24) is 14.9 Å². The van der Waals surface area contributed by atoms with Crippen LogP contribution < -0.4 is 10.9 Å². The molecule has 0 amide bonds. The van der Waals surface area contributed by atoms with E-state index in [2.05, 4.69) is 20.2 Å². The predicted octanol–water partition coefficient (Wildman–Crippen LogP) is 1.40. The lowest BCUT2D eigenvalue weighted by molar-refractivity contribution is 0.352. The van der Waals surface area contributed by atoms with Crippen LogP contribution in [0.2, 0.25) is 0 Å². The molecule has 2 N–H and O–H groups in total. The quantitative estimate of drug-likeness (QED) is 0.829. The summed E-state index contributed by atoms with van der Waals surface area (Å²) in [5.41, 5.74) is -0.0858. The number of H-pyrrole nitrogens is 1. The molecule has 1 aliphatic rings. The Morgan fingerprint density at radius 1 is 1.44 bits per heavy atom. The van der Waals surface area contributed by atoms with Crippen LogP contribution in [0.4, 0.5) is 5.82 Å². The second kappa shape index (κ2) is 6.00.